The molecule has 5 nitrogen and oxygen atoms in total. The molecule has 0 saturated heterocycles. The summed E-state index contributed by atoms with van der Waals surface area (Å²) in [6, 6.07) is 5.66. The van der Waals surface area contributed by atoms with E-state index in [0.717, 1.165) is 22.9 Å². The fourth-order valence-electron chi connectivity index (χ4n) is 1.91. The van der Waals surface area contributed by atoms with Gasteiger partial charge in [0.25, 0.3) is 0 Å². The molecule has 0 radical (unpaired) electrons. The zero-order valence-corrected chi connectivity index (χ0v) is 11.7. The first-order chi connectivity index (χ1) is 8.95. The summed E-state index contributed by atoms with van der Waals surface area (Å²) in [5.41, 5.74) is 7.50. The number of imidazole rings is 1. The van der Waals surface area contributed by atoms with Crippen molar-refractivity contribution in [2.75, 3.05) is 14.2 Å². The van der Waals surface area contributed by atoms with Gasteiger partial charge in [0.05, 0.1) is 43.7 Å². The second-order valence-corrected chi connectivity index (χ2v) is 4.94. The predicted octanol–water partition coefficient (Wildman–Crippen LogP) is 2.08. The van der Waals surface area contributed by atoms with Crippen LogP contribution in [0.4, 0.5) is 0 Å². The van der Waals surface area contributed by atoms with Gasteiger partial charge in [-0.2, -0.15) is 0 Å². The molecule has 0 bridgehead atoms. The molecule has 1 aromatic heterocycles. The summed E-state index contributed by atoms with van der Waals surface area (Å²) in [7, 11) is 3.25. The van der Waals surface area contributed by atoms with Crippen molar-refractivity contribution in [1.82, 2.24) is 9.55 Å². The van der Waals surface area contributed by atoms with Crippen molar-refractivity contribution in [2.45, 2.75) is 19.4 Å². The Hall–Kier alpha value is -2.01. The van der Waals surface area contributed by atoms with Gasteiger partial charge in [-0.25, -0.2) is 4.98 Å². The molecular formula is C14H19N3O2. The van der Waals surface area contributed by atoms with Gasteiger partial charge in [0, 0.05) is 18.2 Å². The van der Waals surface area contributed by atoms with Gasteiger partial charge >= 0.3 is 0 Å². The maximum Gasteiger partial charge on any atom is 0.124 e. The van der Waals surface area contributed by atoms with Gasteiger partial charge in [-0.15, -0.1) is 0 Å². The van der Waals surface area contributed by atoms with E-state index in [1.807, 2.05) is 36.6 Å². The standard InChI is InChI=1S/C14H19N3O2/c1-14(2,15)13-8-16-9-17(13)10-5-11(18-3)7-12(6-10)19-4/h5-9H,15H2,1-4H3. The first-order valence-electron chi connectivity index (χ1n) is 6.01. The molecule has 102 valence electrons. The molecule has 5 heteroatoms. The SMILES string of the molecule is COc1cc(OC)cc(-n2cncc2C(C)(C)N)c1. The van der Waals surface area contributed by atoms with Gasteiger partial charge in [-0.3, -0.25) is 0 Å². The highest BCUT2D eigenvalue weighted by molar-refractivity contribution is 5.47. The molecule has 0 aliphatic carbocycles. The van der Waals surface area contributed by atoms with Crippen LogP contribution in [0.1, 0.15) is 19.5 Å². The van der Waals surface area contributed by atoms with Crippen LogP contribution in [-0.2, 0) is 5.54 Å². The minimum absolute atomic E-state index is 0.479. The Labute approximate surface area is 113 Å². The maximum absolute atomic E-state index is 6.16. The summed E-state index contributed by atoms with van der Waals surface area (Å²) < 4.78 is 12.5. The molecule has 0 saturated carbocycles. The molecule has 1 heterocycles. The third kappa shape index (κ3) is 2.71. The molecule has 0 unspecified atom stereocenters. The topological polar surface area (TPSA) is 62.3 Å². The van der Waals surface area contributed by atoms with Crippen molar-refractivity contribution in [1.29, 1.82) is 0 Å². The third-order valence-corrected chi connectivity index (χ3v) is 2.91. The fraction of sp³-hybridized carbons (Fsp3) is 0.357. The molecule has 0 aliphatic heterocycles. The number of benzene rings is 1. The zero-order chi connectivity index (χ0) is 14.0. The van der Waals surface area contributed by atoms with Gasteiger partial charge in [0.2, 0.25) is 0 Å². The lowest BCUT2D eigenvalue weighted by Crippen LogP contribution is -2.31. The van der Waals surface area contributed by atoms with E-state index in [2.05, 4.69) is 4.98 Å². The Kier molecular flexibility index (Phi) is 3.48. The van der Waals surface area contributed by atoms with Crippen LogP contribution in [0.3, 0.4) is 0 Å². The van der Waals surface area contributed by atoms with Gasteiger partial charge in [-0.1, -0.05) is 0 Å². The van der Waals surface area contributed by atoms with E-state index in [9.17, 15) is 0 Å². The average Bonchev–Trinajstić information content (AvgIpc) is 2.87. The summed E-state index contributed by atoms with van der Waals surface area (Å²) in [4.78, 5) is 4.18. The Morgan fingerprint density at radius 3 is 2.16 bits per heavy atom. The molecule has 1 aromatic carbocycles. The lowest BCUT2D eigenvalue weighted by Gasteiger charge is -2.21. The summed E-state index contributed by atoms with van der Waals surface area (Å²) in [5, 5.41) is 0. The highest BCUT2D eigenvalue weighted by atomic mass is 16.5. The quantitative estimate of drug-likeness (QED) is 0.915. The van der Waals surface area contributed by atoms with Crippen molar-refractivity contribution in [3.05, 3.63) is 36.4 Å². The van der Waals surface area contributed by atoms with Gasteiger partial charge in [0.15, 0.2) is 0 Å². The average molecular weight is 261 g/mol. The van der Waals surface area contributed by atoms with Crippen molar-refractivity contribution in [3.63, 3.8) is 0 Å². The van der Waals surface area contributed by atoms with Gasteiger partial charge in [-0.05, 0) is 13.8 Å². The maximum atomic E-state index is 6.16. The first kappa shape index (κ1) is 13.4. The number of ether oxygens (including phenoxy) is 2. The van der Waals surface area contributed by atoms with E-state index >= 15 is 0 Å². The molecular weight excluding hydrogens is 242 g/mol. The molecule has 2 aromatic rings. The van der Waals surface area contributed by atoms with Crippen LogP contribution in [0.2, 0.25) is 0 Å². The number of methoxy groups -OCH3 is 2. The Balaban J connectivity index is 2.56. The van der Waals surface area contributed by atoms with Crippen LogP contribution in [0, 0.1) is 0 Å². The van der Waals surface area contributed by atoms with E-state index in [1.54, 1.807) is 26.7 Å². The third-order valence-electron chi connectivity index (χ3n) is 2.91. The van der Waals surface area contributed by atoms with Crippen molar-refractivity contribution < 1.29 is 9.47 Å². The van der Waals surface area contributed by atoms with E-state index in [-0.39, 0.29) is 0 Å². The van der Waals surface area contributed by atoms with Crippen molar-refractivity contribution in [3.8, 4) is 17.2 Å². The van der Waals surface area contributed by atoms with Crippen LogP contribution < -0.4 is 15.2 Å². The molecule has 0 spiro atoms. The van der Waals surface area contributed by atoms with Crippen molar-refractivity contribution in [2.24, 2.45) is 5.73 Å². The predicted molar refractivity (Wildman–Crippen MR) is 73.9 cm³/mol. The molecule has 0 aliphatic rings. The Bertz CT molecular complexity index is 548. The number of hydrogen-bond acceptors (Lipinski definition) is 4. The molecule has 0 amide bonds. The van der Waals surface area contributed by atoms with Crippen LogP contribution in [0.25, 0.3) is 5.69 Å². The van der Waals surface area contributed by atoms with Crippen LogP contribution >= 0.6 is 0 Å². The number of hydrogen-bond donors (Lipinski definition) is 1. The van der Waals surface area contributed by atoms with E-state index in [4.69, 9.17) is 15.2 Å². The number of nitrogens with two attached hydrogens (primary N) is 1. The molecule has 0 fully saturated rings. The Morgan fingerprint density at radius 1 is 1.11 bits per heavy atom. The largest absolute Gasteiger partial charge is 0.497 e. The van der Waals surface area contributed by atoms with Crippen LogP contribution in [-0.4, -0.2) is 23.8 Å². The van der Waals surface area contributed by atoms with E-state index in [1.165, 1.54) is 0 Å². The lowest BCUT2D eigenvalue weighted by molar-refractivity contribution is 0.393. The van der Waals surface area contributed by atoms with Crippen LogP contribution in [0.15, 0.2) is 30.7 Å². The summed E-state index contributed by atoms with van der Waals surface area (Å²) in [6.45, 7) is 3.88. The summed E-state index contributed by atoms with van der Waals surface area (Å²) in [5.74, 6) is 1.45. The Morgan fingerprint density at radius 2 is 1.68 bits per heavy atom. The molecule has 19 heavy (non-hydrogen) atoms. The smallest absolute Gasteiger partial charge is 0.124 e. The van der Waals surface area contributed by atoms with Gasteiger partial charge < -0.3 is 19.8 Å². The number of nitrogens with zero attached hydrogens (tertiary/aromatic N) is 2. The van der Waals surface area contributed by atoms with E-state index in [0.29, 0.717) is 0 Å². The second kappa shape index (κ2) is 4.93. The molecule has 0 atom stereocenters. The monoisotopic (exact) mass is 261 g/mol. The highest BCUT2D eigenvalue weighted by Gasteiger charge is 2.20. The lowest BCUT2D eigenvalue weighted by atomic mass is 10.0. The first-order valence-corrected chi connectivity index (χ1v) is 6.01. The number of rotatable bonds is 4. The minimum atomic E-state index is -0.479. The van der Waals surface area contributed by atoms with E-state index < -0.39 is 5.54 Å². The number of aromatic nitrogens is 2. The van der Waals surface area contributed by atoms with Crippen LogP contribution in [0.5, 0.6) is 11.5 Å². The van der Waals surface area contributed by atoms with Crippen molar-refractivity contribution >= 4 is 0 Å². The second-order valence-electron chi connectivity index (χ2n) is 4.94. The normalized spacial score (nSPS) is 11.4. The minimum Gasteiger partial charge on any atom is -0.497 e. The van der Waals surface area contributed by atoms with Gasteiger partial charge in [0.1, 0.15) is 11.5 Å². The zero-order valence-electron chi connectivity index (χ0n) is 11.7. The molecule has 2 N–H and O–H groups in total. The summed E-state index contributed by atoms with van der Waals surface area (Å²) in [6.07, 6.45) is 3.50. The highest BCUT2D eigenvalue weighted by Crippen LogP contribution is 2.27. The fourth-order valence-corrected chi connectivity index (χ4v) is 1.91. The summed E-state index contributed by atoms with van der Waals surface area (Å²) >= 11 is 0. The molecule has 2 rings (SSSR count).